The molecule has 0 bridgehead atoms. The Bertz CT molecular complexity index is 380. The standard InChI is InChI=1S/C15H26N2O2/c1-6-13(16-9-10-17(2)3)12-7-8-14(18-4)15(11-12)19-5/h7-8,11,13,16H,6,9-10H2,1-5H3. The van der Waals surface area contributed by atoms with Crippen molar-refractivity contribution >= 4 is 0 Å². The van der Waals surface area contributed by atoms with Gasteiger partial charge in [0, 0.05) is 19.1 Å². The zero-order valence-corrected chi connectivity index (χ0v) is 12.7. The first-order chi connectivity index (χ1) is 9.12. The van der Waals surface area contributed by atoms with E-state index in [1.807, 2.05) is 6.07 Å². The van der Waals surface area contributed by atoms with Gasteiger partial charge in [0.1, 0.15) is 0 Å². The Kier molecular flexibility index (Phi) is 6.67. The SMILES string of the molecule is CCC(NCCN(C)C)c1ccc(OC)c(OC)c1. The summed E-state index contributed by atoms with van der Waals surface area (Å²) in [5.41, 5.74) is 1.24. The van der Waals surface area contributed by atoms with E-state index >= 15 is 0 Å². The molecule has 4 nitrogen and oxygen atoms in total. The third kappa shape index (κ3) is 4.73. The third-order valence-corrected chi connectivity index (χ3v) is 3.17. The lowest BCUT2D eigenvalue weighted by atomic mass is 10.0. The largest absolute Gasteiger partial charge is 0.493 e. The van der Waals surface area contributed by atoms with Gasteiger partial charge in [-0.15, -0.1) is 0 Å². The Hall–Kier alpha value is -1.26. The van der Waals surface area contributed by atoms with Gasteiger partial charge in [0.15, 0.2) is 11.5 Å². The Labute approximate surface area is 116 Å². The van der Waals surface area contributed by atoms with Gasteiger partial charge >= 0.3 is 0 Å². The maximum atomic E-state index is 5.35. The number of hydrogen-bond acceptors (Lipinski definition) is 4. The van der Waals surface area contributed by atoms with Gasteiger partial charge in [-0.1, -0.05) is 13.0 Å². The summed E-state index contributed by atoms with van der Waals surface area (Å²) in [5.74, 6) is 1.56. The van der Waals surface area contributed by atoms with E-state index in [1.165, 1.54) is 5.56 Å². The van der Waals surface area contributed by atoms with Crippen LogP contribution < -0.4 is 14.8 Å². The molecular formula is C15H26N2O2. The Balaban J connectivity index is 2.75. The van der Waals surface area contributed by atoms with Crippen LogP contribution >= 0.6 is 0 Å². The molecule has 0 aliphatic heterocycles. The first kappa shape index (κ1) is 15.8. The zero-order chi connectivity index (χ0) is 14.3. The summed E-state index contributed by atoms with van der Waals surface area (Å²) >= 11 is 0. The predicted molar refractivity (Wildman–Crippen MR) is 79.1 cm³/mol. The minimum absolute atomic E-state index is 0.347. The number of methoxy groups -OCH3 is 2. The fourth-order valence-corrected chi connectivity index (χ4v) is 2.03. The second-order valence-corrected chi connectivity index (χ2v) is 4.83. The zero-order valence-electron chi connectivity index (χ0n) is 12.7. The van der Waals surface area contributed by atoms with E-state index in [0.29, 0.717) is 6.04 Å². The van der Waals surface area contributed by atoms with E-state index in [-0.39, 0.29) is 0 Å². The molecule has 0 aromatic heterocycles. The normalized spacial score (nSPS) is 12.5. The molecule has 19 heavy (non-hydrogen) atoms. The topological polar surface area (TPSA) is 33.7 Å². The van der Waals surface area contributed by atoms with E-state index < -0.39 is 0 Å². The summed E-state index contributed by atoms with van der Waals surface area (Å²) in [6.45, 7) is 4.19. The number of rotatable bonds is 8. The molecule has 1 atom stereocenters. The summed E-state index contributed by atoms with van der Waals surface area (Å²) < 4.78 is 10.6. The van der Waals surface area contributed by atoms with Crippen LogP contribution in [0.25, 0.3) is 0 Å². The fraction of sp³-hybridized carbons (Fsp3) is 0.600. The third-order valence-electron chi connectivity index (χ3n) is 3.17. The molecule has 0 saturated carbocycles. The highest BCUT2D eigenvalue weighted by molar-refractivity contribution is 5.43. The van der Waals surface area contributed by atoms with Gasteiger partial charge in [0.2, 0.25) is 0 Å². The molecule has 0 spiro atoms. The molecule has 1 rings (SSSR count). The molecule has 108 valence electrons. The maximum Gasteiger partial charge on any atom is 0.161 e. The van der Waals surface area contributed by atoms with Crippen molar-refractivity contribution < 1.29 is 9.47 Å². The van der Waals surface area contributed by atoms with Gasteiger partial charge in [0.05, 0.1) is 14.2 Å². The quantitative estimate of drug-likeness (QED) is 0.783. The van der Waals surface area contributed by atoms with Crippen LogP contribution in [0.4, 0.5) is 0 Å². The molecular weight excluding hydrogens is 240 g/mol. The van der Waals surface area contributed by atoms with Gasteiger partial charge in [-0.25, -0.2) is 0 Å². The van der Waals surface area contributed by atoms with Gasteiger partial charge in [-0.05, 0) is 38.2 Å². The highest BCUT2D eigenvalue weighted by atomic mass is 16.5. The molecule has 1 aromatic carbocycles. The van der Waals surface area contributed by atoms with Crippen molar-refractivity contribution in [2.45, 2.75) is 19.4 Å². The second kappa shape index (κ2) is 8.02. The van der Waals surface area contributed by atoms with Crippen molar-refractivity contribution in [3.05, 3.63) is 23.8 Å². The van der Waals surface area contributed by atoms with Gasteiger partial charge in [-0.3, -0.25) is 0 Å². The van der Waals surface area contributed by atoms with Gasteiger partial charge in [-0.2, -0.15) is 0 Å². The molecule has 1 unspecified atom stereocenters. The van der Waals surface area contributed by atoms with Crippen molar-refractivity contribution in [3.8, 4) is 11.5 Å². The van der Waals surface area contributed by atoms with Crippen LogP contribution in [0.3, 0.4) is 0 Å². The molecule has 0 amide bonds. The van der Waals surface area contributed by atoms with E-state index in [2.05, 4.69) is 43.4 Å². The van der Waals surface area contributed by atoms with Gasteiger partial charge < -0.3 is 19.7 Å². The average molecular weight is 266 g/mol. The van der Waals surface area contributed by atoms with E-state index in [1.54, 1.807) is 14.2 Å². The lowest BCUT2D eigenvalue weighted by Crippen LogP contribution is -2.29. The van der Waals surface area contributed by atoms with Gasteiger partial charge in [0.25, 0.3) is 0 Å². The van der Waals surface area contributed by atoms with Crippen LogP contribution in [0.15, 0.2) is 18.2 Å². The van der Waals surface area contributed by atoms with Crippen LogP contribution in [0.1, 0.15) is 24.9 Å². The monoisotopic (exact) mass is 266 g/mol. The van der Waals surface area contributed by atoms with Crippen LogP contribution in [0.5, 0.6) is 11.5 Å². The van der Waals surface area contributed by atoms with Crippen molar-refractivity contribution in [2.75, 3.05) is 41.4 Å². The molecule has 4 heteroatoms. The van der Waals surface area contributed by atoms with E-state index in [0.717, 1.165) is 31.0 Å². The molecule has 0 aliphatic carbocycles. The van der Waals surface area contributed by atoms with Crippen molar-refractivity contribution in [3.63, 3.8) is 0 Å². The molecule has 0 heterocycles. The molecule has 0 fully saturated rings. The molecule has 0 radical (unpaired) electrons. The molecule has 0 saturated heterocycles. The average Bonchev–Trinajstić information content (AvgIpc) is 2.42. The fourth-order valence-electron chi connectivity index (χ4n) is 2.03. The van der Waals surface area contributed by atoms with Crippen molar-refractivity contribution in [1.29, 1.82) is 0 Å². The van der Waals surface area contributed by atoms with E-state index in [9.17, 15) is 0 Å². The summed E-state index contributed by atoms with van der Waals surface area (Å²) in [4.78, 5) is 2.17. The Morgan fingerprint density at radius 1 is 1.16 bits per heavy atom. The van der Waals surface area contributed by atoms with Crippen LogP contribution in [0.2, 0.25) is 0 Å². The first-order valence-electron chi connectivity index (χ1n) is 6.72. The highest BCUT2D eigenvalue weighted by Crippen LogP contribution is 2.30. The van der Waals surface area contributed by atoms with Crippen molar-refractivity contribution in [2.24, 2.45) is 0 Å². The number of ether oxygens (including phenoxy) is 2. The van der Waals surface area contributed by atoms with Crippen LogP contribution in [-0.2, 0) is 0 Å². The van der Waals surface area contributed by atoms with Crippen molar-refractivity contribution in [1.82, 2.24) is 10.2 Å². The molecule has 1 aromatic rings. The minimum atomic E-state index is 0.347. The van der Waals surface area contributed by atoms with E-state index in [4.69, 9.17) is 9.47 Å². The highest BCUT2D eigenvalue weighted by Gasteiger charge is 2.12. The Morgan fingerprint density at radius 3 is 2.37 bits per heavy atom. The summed E-state index contributed by atoms with van der Waals surface area (Å²) in [7, 11) is 7.49. The summed E-state index contributed by atoms with van der Waals surface area (Å²) in [6, 6.07) is 6.46. The molecule has 0 aliphatic rings. The number of nitrogens with zero attached hydrogens (tertiary/aromatic N) is 1. The summed E-state index contributed by atoms with van der Waals surface area (Å²) in [6.07, 6.45) is 1.04. The first-order valence-corrected chi connectivity index (χ1v) is 6.72. The number of benzene rings is 1. The summed E-state index contributed by atoms with van der Waals surface area (Å²) in [5, 5.41) is 3.57. The molecule has 1 N–H and O–H groups in total. The minimum Gasteiger partial charge on any atom is -0.493 e. The lowest BCUT2D eigenvalue weighted by Gasteiger charge is -2.20. The lowest BCUT2D eigenvalue weighted by molar-refractivity contribution is 0.352. The number of hydrogen-bond donors (Lipinski definition) is 1. The predicted octanol–water partition coefficient (Wildman–Crippen LogP) is 2.31. The smallest absolute Gasteiger partial charge is 0.161 e. The second-order valence-electron chi connectivity index (χ2n) is 4.83. The number of nitrogens with one attached hydrogen (secondary N) is 1. The maximum absolute atomic E-state index is 5.35. The van der Waals surface area contributed by atoms with Crippen LogP contribution in [-0.4, -0.2) is 46.3 Å². The Morgan fingerprint density at radius 2 is 1.84 bits per heavy atom. The number of likely N-dealkylation sites (N-methyl/N-ethyl adjacent to an activating group) is 1. The van der Waals surface area contributed by atoms with Crippen LogP contribution in [0, 0.1) is 0 Å².